The molecule has 0 aromatic heterocycles. The second-order valence-corrected chi connectivity index (χ2v) is 4.06. The monoisotopic (exact) mass is 266 g/mol. The lowest BCUT2D eigenvalue weighted by Crippen LogP contribution is -2.32. The van der Waals surface area contributed by atoms with Gasteiger partial charge in [0.1, 0.15) is 0 Å². The number of amides is 1. The Morgan fingerprint density at radius 2 is 2.00 bits per heavy atom. The fourth-order valence-electron chi connectivity index (χ4n) is 1.35. The smallest absolute Gasteiger partial charge is 0.338 e. The van der Waals surface area contributed by atoms with Crippen LogP contribution >= 0.6 is 12.2 Å². The molecule has 0 aliphatic rings. The molecule has 1 aromatic carbocycles. The number of esters is 1. The van der Waals surface area contributed by atoms with E-state index in [4.69, 9.17) is 12.2 Å². The van der Waals surface area contributed by atoms with Gasteiger partial charge in [0.15, 0.2) is 5.11 Å². The Morgan fingerprint density at radius 3 is 2.56 bits per heavy atom. The minimum Gasteiger partial charge on any atom is -0.465 e. The zero-order valence-corrected chi connectivity index (χ0v) is 11.2. The van der Waals surface area contributed by atoms with Crippen LogP contribution < -0.4 is 10.6 Å². The van der Waals surface area contributed by atoms with Gasteiger partial charge >= 0.3 is 5.97 Å². The highest BCUT2D eigenvalue weighted by Gasteiger charge is 2.10. The van der Waals surface area contributed by atoms with E-state index in [0.717, 1.165) is 5.56 Å². The van der Waals surface area contributed by atoms with Crippen molar-refractivity contribution in [2.45, 2.75) is 13.8 Å². The van der Waals surface area contributed by atoms with Crippen molar-refractivity contribution in [3.05, 3.63) is 29.3 Å². The summed E-state index contributed by atoms with van der Waals surface area (Å²) in [5.74, 6) is -0.672. The number of benzene rings is 1. The molecule has 0 unspecified atom stereocenters. The Labute approximate surface area is 111 Å². The number of nitrogens with one attached hydrogen (secondary N) is 2. The van der Waals surface area contributed by atoms with Crippen molar-refractivity contribution < 1.29 is 14.3 Å². The van der Waals surface area contributed by atoms with E-state index in [2.05, 4.69) is 15.4 Å². The van der Waals surface area contributed by atoms with Gasteiger partial charge in [0.05, 0.1) is 12.7 Å². The van der Waals surface area contributed by atoms with Crippen LogP contribution in [0.5, 0.6) is 0 Å². The summed E-state index contributed by atoms with van der Waals surface area (Å²) in [6.07, 6.45) is 0. The third-order valence-corrected chi connectivity index (χ3v) is 2.39. The van der Waals surface area contributed by atoms with Crippen molar-refractivity contribution >= 4 is 34.9 Å². The molecule has 0 aliphatic carbocycles. The molecule has 0 fully saturated rings. The van der Waals surface area contributed by atoms with Gasteiger partial charge in [-0.2, -0.15) is 0 Å². The first-order chi connectivity index (χ1) is 8.43. The summed E-state index contributed by atoms with van der Waals surface area (Å²) in [7, 11) is 1.32. The fourth-order valence-corrected chi connectivity index (χ4v) is 1.61. The summed E-state index contributed by atoms with van der Waals surface area (Å²) < 4.78 is 4.67. The van der Waals surface area contributed by atoms with E-state index in [9.17, 15) is 9.59 Å². The van der Waals surface area contributed by atoms with E-state index >= 15 is 0 Å². The number of hydrogen-bond donors (Lipinski definition) is 2. The highest BCUT2D eigenvalue weighted by atomic mass is 32.1. The van der Waals surface area contributed by atoms with Crippen LogP contribution in [-0.2, 0) is 9.53 Å². The zero-order chi connectivity index (χ0) is 13.7. The number of rotatable bonds is 2. The van der Waals surface area contributed by atoms with E-state index < -0.39 is 5.97 Å². The molecule has 0 saturated carbocycles. The van der Waals surface area contributed by atoms with Gasteiger partial charge in [0, 0.05) is 12.6 Å². The normalized spacial score (nSPS) is 9.50. The van der Waals surface area contributed by atoms with Crippen molar-refractivity contribution in [2.24, 2.45) is 0 Å². The third kappa shape index (κ3) is 3.81. The SMILES string of the molecule is COC(=O)c1cc(NC(=S)NC(C)=O)ccc1C. The predicted octanol–water partition coefficient (Wildman–Crippen LogP) is 1.61. The molecule has 0 bridgehead atoms. The van der Waals surface area contributed by atoms with Gasteiger partial charge in [-0.25, -0.2) is 4.79 Å². The molecule has 0 radical (unpaired) electrons. The van der Waals surface area contributed by atoms with Crippen LogP contribution in [0.25, 0.3) is 0 Å². The van der Waals surface area contributed by atoms with Gasteiger partial charge in [-0.1, -0.05) is 6.07 Å². The molecule has 1 aromatic rings. The van der Waals surface area contributed by atoms with Crippen molar-refractivity contribution in [1.29, 1.82) is 0 Å². The van der Waals surface area contributed by atoms with Crippen LogP contribution in [0.1, 0.15) is 22.8 Å². The number of hydrogen-bond acceptors (Lipinski definition) is 4. The Morgan fingerprint density at radius 1 is 1.33 bits per heavy atom. The molecular weight excluding hydrogens is 252 g/mol. The minimum atomic E-state index is -0.415. The largest absolute Gasteiger partial charge is 0.465 e. The van der Waals surface area contributed by atoms with Gasteiger partial charge in [0.25, 0.3) is 0 Å². The molecule has 18 heavy (non-hydrogen) atoms. The summed E-state index contributed by atoms with van der Waals surface area (Å²) >= 11 is 4.92. The molecule has 0 heterocycles. The number of ether oxygens (including phenoxy) is 1. The lowest BCUT2D eigenvalue weighted by Gasteiger charge is -2.10. The first-order valence-electron chi connectivity index (χ1n) is 5.21. The first-order valence-corrected chi connectivity index (χ1v) is 5.62. The molecule has 0 atom stereocenters. The molecule has 96 valence electrons. The van der Waals surface area contributed by atoms with E-state index in [1.165, 1.54) is 14.0 Å². The summed E-state index contributed by atoms with van der Waals surface area (Å²) in [5, 5.41) is 5.43. The summed E-state index contributed by atoms with van der Waals surface area (Å²) in [6.45, 7) is 3.17. The third-order valence-electron chi connectivity index (χ3n) is 2.19. The molecule has 6 heteroatoms. The van der Waals surface area contributed by atoms with Gasteiger partial charge < -0.3 is 15.4 Å². The standard InChI is InChI=1S/C12H14N2O3S/c1-7-4-5-9(6-10(7)11(16)17-3)14-12(18)13-8(2)15/h4-6H,1-3H3,(H2,13,14,15,18). The molecule has 0 spiro atoms. The second-order valence-electron chi connectivity index (χ2n) is 3.66. The highest BCUT2D eigenvalue weighted by molar-refractivity contribution is 7.80. The Bertz CT molecular complexity index is 500. The van der Waals surface area contributed by atoms with E-state index in [1.807, 2.05) is 6.92 Å². The van der Waals surface area contributed by atoms with Crippen LogP contribution in [0, 0.1) is 6.92 Å². The van der Waals surface area contributed by atoms with Crippen LogP contribution in [0.4, 0.5) is 5.69 Å². The number of carbonyl (C=O) groups is 2. The van der Waals surface area contributed by atoms with Gasteiger partial charge in [0.2, 0.25) is 5.91 Å². The first kappa shape index (κ1) is 14.1. The molecule has 0 aliphatic heterocycles. The molecule has 2 N–H and O–H groups in total. The van der Waals surface area contributed by atoms with E-state index in [1.54, 1.807) is 18.2 Å². The Kier molecular flexibility index (Phi) is 4.79. The predicted molar refractivity (Wildman–Crippen MR) is 72.6 cm³/mol. The molecule has 1 amide bonds. The molecule has 0 saturated heterocycles. The van der Waals surface area contributed by atoms with E-state index in [-0.39, 0.29) is 11.0 Å². The molecule has 5 nitrogen and oxygen atoms in total. The Hall–Kier alpha value is -1.95. The number of carbonyl (C=O) groups excluding carboxylic acids is 2. The van der Waals surface area contributed by atoms with Gasteiger partial charge in [-0.15, -0.1) is 0 Å². The van der Waals surface area contributed by atoms with Gasteiger partial charge in [-0.05, 0) is 36.8 Å². The topological polar surface area (TPSA) is 67.4 Å². The van der Waals surface area contributed by atoms with Crippen LogP contribution in [-0.4, -0.2) is 24.1 Å². The maximum absolute atomic E-state index is 11.5. The Balaban J connectivity index is 2.88. The van der Waals surface area contributed by atoms with Crippen LogP contribution in [0.3, 0.4) is 0 Å². The van der Waals surface area contributed by atoms with E-state index in [0.29, 0.717) is 11.3 Å². The highest BCUT2D eigenvalue weighted by Crippen LogP contribution is 2.16. The zero-order valence-electron chi connectivity index (χ0n) is 10.4. The average molecular weight is 266 g/mol. The number of methoxy groups -OCH3 is 1. The lowest BCUT2D eigenvalue weighted by molar-refractivity contribution is -0.117. The van der Waals surface area contributed by atoms with Crippen molar-refractivity contribution in [3.63, 3.8) is 0 Å². The van der Waals surface area contributed by atoms with Gasteiger partial charge in [-0.3, -0.25) is 4.79 Å². The van der Waals surface area contributed by atoms with Crippen molar-refractivity contribution in [2.75, 3.05) is 12.4 Å². The number of aryl methyl sites for hydroxylation is 1. The van der Waals surface area contributed by atoms with Crippen LogP contribution in [0.15, 0.2) is 18.2 Å². The maximum atomic E-state index is 11.5. The average Bonchev–Trinajstić information content (AvgIpc) is 2.29. The number of thiocarbonyl (C=S) groups is 1. The lowest BCUT2D eigenvalue weighted by atomic mass is 10.1. The minimum absolute atomic E-state index is 0.183. The molecular formula is C12H14N2O3S. The molecule has 1 rings (SSSR count). The fraction of sp³-hybridized carbons (Fsp3) is 0.250. The van der Waals surface area contributed by atoms with Crippen molar-refractivity contribution in [3.8, 4) is 0 Å². The second kappa shape index (κ2) is 6.11. The van der Waals surface area contributed by atoms with Crippen molar-refractivity contribution in [1.82, 2.24) is 5.32 Å². The van der Waals surface area contributed by atoms with Crippen LogP contribution in [0.2, 0.25) is 0 Å². The number of anilines is 1. The summed E-state index contributed by atoms with van der Waals surface area (Å²) in [6, 6.07) is 5.15. The summed E-state index contributed by atoms with van der Waals surface area (Å²) in [4.78, 5) is 22.3. The summed E-state index contributed by atoms with van der Waals surface area (Å²) in [5.41, 5.74) is 1.87. The quantitative estimate of drug-likeness (QED) is 0.629. The maximum Gasteiger partial charge on any atom is 0.338 e.